The molecule has 0 saturated carbocycles. The standard InChI is InChI=1S/C19H23N3O4/c1-24-18-14(4-2-6-20-18)10-21-11-15-12-22(7-9-26-17(15)13-21)19(23)16-5-3-8-25-16/h2-6,8,15,17H,7,9-13H2,1H3/t15-,17-/m0/s1. The highest BCUT2D eigenvalue weighted by Gasteiger charge is 2.38. The minimum atomic E-state index is -0.0633. The van der Waals surface area contributed by atoms with E-state index in [9.17, 15) is 4.79 Å². The number of likely N-dealkylation sites (tertiary alicyclic amines) is 1. The van der Waals surface area contributed by atoms with Gasteiger partial charge in [0.15, 0.2) is 5.76 Å². The Morgan fingerprint density at radius 2 is 2.23 bits per heavy atom. The zero-order valence-electron chi connectivity index (χ0n) is 14.8. The molecule has 4 heterocycles. The molecule has 0 spiro atoms. The molecule has 0 radical (unpaired) electrons. The Labute approximate surface area is 152 Å². The molecule has 2 aromatic heterocycles. The Morgan fingerprint density at radius 3 is 3.04 bits per heavy atom. The summed E-state index contributed by atoms with van der Waals surface area (Å²) in [7, 11) is 1.64. The number of furan rings is 1. The number of hydrogen-bond donors (Lipinski definition) is 0. The second-order valence-corrected chi connectivity index (χ2v) is 6.76. The number of pyridine rings is 1. The van der Waals surface area contributed by atoms with Crippen molar-refractivity contribution in [2.75, 3.05) is 39.9 Å². The van der Waals surface area contributed by atoms with Crippen LogP contribution in [-0.4, -0.2) is 66.7 Å². The molecule has 2 atom stereocenters. The van der Waals surface area contributed by atoms with Crippen molar-refractivity contribution in [2.24, 2.45) is 5.92 Å². The van der Waals surface area contributed by atoms with Crippen LogP contribution in [0.5, 0.6) is 5.88 Å². The van der Waals surface area contributed by atoms with Crippen molar-refractivity contribution in [3.63, 3.8) is 0 Å². The van der Waals surface area contributed by atoms with Gasteiger partial charge in [-0.15, -0.1) is 0 Å². The lowest BCUT2D eigenvalue weighted by Crippen LogP contribution is -2.37. The number of amides is 1. The van der Waals surface area contributed by atoms with Gasteiger partial charge >= 0.3 is 0 Å². The summed E-state index contributed by atoms with van der Waals surface area (Å²) in [4.78, 5) is 21.0. The normalized spacial score (nSPS) is 23.5. The van der Waals surface area contributed by atoms with Crippen LogP contribution in [0, 0.1) is 5.92 Å². The molecule has 0 aromatic carbocycles. The summed E-state index contributed by atoms with van der Waals surface area (Å²) in [6, 6.07) is 7.41. The lowest BCUT2D eigenvalue weighted by Gasteiger charge is -2.23. The summed E-state index contributed by atoms with van der Waals surface area (Å²) in [5, 5.41) is 0. The van der Waals surface area contributed by atoms with Crippen molar-refractivity contribution in [3.05, 3.63) is 48.0 Å². The molecule has 138 valence electrons. The Morgan fingerprint density at radius 1 is 1.31 bits per heavy atom. The number of carbonyl (C=O) groups is 1. The lowest BCUT2D eigenvalue weighted by molar-refractivity contribution is 0.0498. The number of rotatable bonds is 4. The first-order chi connectivity index (χ1) is 12.7. The predicted molar refractivity (Wildman–Crippen MR) is 93.9 cm³/mol. The molecule has 0 N–H and O–H groups in total. The van der Waals surface area contributed by atoms with Gasteiger partial charge in [0, 0.05) is 50.4 Å². The van der Waals surface area contributed by atoms with Crippen molar-refractivity contribution in [2.45, 2.75) is 12.6 Å². The fraction of sp³-hybridized carbons (Fsp3) is 0.474. The molecule has 1 amide bonds. The van der Waals surface area contributed by atoms with Gasteiger partial charge in [-0.3, -0.25) is 9.69 Å². The third-order valence-corrected chi connectivity index (χ3v) is 5.06. The van der Waals surface area contributed by atoms with E-state index < -0.39 is 0 Å². The van der Waals surface area contributed by atoms with Crippen molar-refractivity contribution in [3.8, 4) is 5.88 Å². The summed E-state index contributed by atoms with van der Waals surface area (Å²) in [6.45, 7) is 4.33. The van der Waals surface area contributed by atoms with Crippen LogP contribution in [0.15, 0.2) is 41.1 Å². The molecule has 2 saturated heterocycles. The molecule has 2 fully saturated rings. The molecular weight excluding hydrogens is 334 g/mol. The van der Waals surface area contributed by atoms with E-state index in [1.165, 1.54) is 6.26 Å². The molecule has 4 rings (SSSR count). The van der Waals surface area contributed by atoms with Gasteiger partial charge in [0.1, 0.15) is 0 Å². The number of aromatic nitrogens is 1. The van der Waals surface area contributed by atoms with E-state index >= 15 is 0 Å². The van der Waals surface area contributed by atoms with Crippen LogP contribution in [0.4, 0.5) is 0 Å². The van der Waals surface area contributed by atoms with Crippen LogP contribution in [0.1, 0.15) is 16.1 Å². The van der Waals surface area contributed by atoms with E-state index in [1.807, 2.05) is 17.0 Å². The van der Waals surface area contributed by atoms with E-state index in [1.54, 1.807) is 25.4 Å². The maximum absolute atomic E-state index is 12.6. The number of methoxy groups -OCH3 is 1. The summed E-state index contributed by atoms with van der Waals surface area (Å²) in [6.07, 6.45) is 3.41. The predicted octanol–water partition coefficient (Wildman–Crippen LogP) is 1.66. The highest BCUT2D eigenvalue weighted by atomic mass is 16.5. The molecule has 2 aromatic rings. The minimum Gasteiger partial charge on any atom is -0.481 e. The van der Waals surface area contributed by atoms with Gasteiger partial charge in [0.2, 0.25) is 5.88 Å². The molecule has 7 nitrogen and oxygen atoms in total. The third kappa shape index (κ3) is 3.45. The Hall–Kier alpha value is -2.38. The third-order valence-electron chi connectivity index (χ3n) is 5.06. The quantitative estimate of drug-likeness (QED) is 0.829. The zero-order chi connectivity index (χ0) is 17.9. The SMILES string of the molecule is COc1ncccc1CN1C[C@H]2CN(C(=O)c3ccco3)CCO[C@H]2C1. The van der Waals surface area contributed by atoms with E-state index in [2.05, 4.69) is 9.88 Å². The van der Waals surface area contributed by atoms with Crippen LogP contribution in [0.3, 0.4) is 0 Å². The smallest absolute Gasteiger partial charge is 0.289 e. The molecule has 2 aliphatic heterocycles. The van der Waals surface area contributed by atoms with Crippen LogP contribution in [0.2, 0.25) is 0 Å². The Balaban J connectivity index is 1.42. The van der Waals surface area contributed by atoms with E-state index in [4.69, 9.17) is 13.9 Å². The maximum atomic E-state index is 12.6. The van der Waals surface area contributed by atoms with Crippen molar-refractivity contribution < 1.29 is 18.7 Å². The average Bonchev–Trinajstić information content (AvgIpc) is 3.28. The first-order valence-corrected chi connectivity index (χ1v) is 8.89. The molecule has 26 heavy (non-hydrogen) atoms. The van der Waals surface area contributed by atoms with Crippen LogP contribution in [-0.2, 0) is 11.3 Å². The Bertz CT molecular complexity index is 749. The van der Waals surface area contributed by atoms with E-state index in [0.29, 0.717) is 37.3 Å². The number of hydrogen-bond acceptors (Lipinski definition) is 6. The highest BCUT2D eigenvalue weighted by Crippen LogP contribution is 2.27. The lowest BCUT2D eigenvalue weighted by atomic mass is 10.1. The molecular formula is C19H23N3O4. The maximum Gasteiger partial charge on any atom is 0.289 e. The van der Waals surface area contributed by atoms with Crippen molar-refractivity contribution in [1.82, 2.24) is 14.8 Å². The fourth-order valence-electron chi connectivity index (χ4n) is 3.82. The second-order valence-electron chi connectivity index (χ2n) is 6.76. The van der Waals surface area contributed by atoms with Crippen LogP contribution < -0.4 is 4.74 Å². The molecule has 0 bridgehead atoms. The molecule has 0 aliphatic carbocycles. The molecule has 2 aliphatic rings. The van der Waals surface area contributed by atoms with E-state index in [0.717, 1.165) is 25.2 Å². The number of fused-ring (bicyclic) bond motifs is 1. The van der Waals surface area contributed by atoms with Crippen molar-refractivity contribution >= 4 is 5.91 Å². The molecule has 7 heteroatoms. The summed E-state index contributed by atoms with van der Waals surface area (Å²) >= 11 is 0. The topological polar surface area (TPSA) is 68.0 Å². The van der Waals surface area contributed by atoms with E-state index in [-0.39, 0.29) is 12.0 Å². The summed E-state index contributed by atoms with van der Waals surface area (Å²) in [5.41, 5.74) is 1.06. The summed E-state index contributed by atoms with van der Waals surface area (Å²) in [5.74, 6) is 1.28. The van der Waals surface area contributed by atoms with Gasteiger partial charge in [-0.05, 0) is 18.2 Å². The summed E-state index contributed by atoms with van der Waals surface area (Å²) < 4.78 is 16.7. The monoisotopic (exact) mass is 357 g/mol. The van der Waals surface area contributed by atoms with Gasteiger partial charge < -0.3 is 18.8 Å². The van der Waals surface area contributed by atoms with Gasteiger partial charge in [-0.1, -0.05) is 6.07 Å². The number of ether oxygens (including phenoxy) is 2. The number of nitrogens with zero attached hydrogens (tertiary/aromatic N) is 3. The molecule has 0 unspecified atom stereocenters. The zero-order valence-corrected chi connectivity index (χ0v) is 14.8. The van der Waals surface area contributed by atoms with Gasteiger partial charge in [-0.25, -0.2) is 4.98 Å². The van der Waals surface area contributed by atoms with Gasteiger partial charge in [0.25, 0.3) is 5.91 Å². The van der Waals surface area contributed by atoms with Gasteiger partial charge in [0.05, 0.1) is 26.1 Å². The van der Waals surface area contributed by atoms with Gasteiger partial charge in [-0.2, -0.15) is 0 Å². The minimum absolute atomic E-state index is 0.0633. The Kier molecular flexibility index (Phi) is 4.90. The van der Waals surface area contributed by atoms with Crippen LogP contribution in [0.25, 0.3) is 0 Å². The highest BCUT2D eigenvalue weighted by molar-refractivity contribution is 5.91. The van der Waals surface area contributed by atoms with Crippen LogP contribution >= 0.6 is 0 Å². The first kappa shape index (κ1) is 17.1. The first-order valence-electron chi connectivity index (χ1n) is 8.89. The fourth-order valence-corrected chi connectivity index (χ4v) is 3.82. The second kappa shape index (κ2) is 7.47. The number of carbonyl (C=O) groups excluding carboxylic acids is 1. The van der Waals surface area contributed by atoms with Crippen molar-refractivity contribution in [1.29, 1.82) is 0 Å². The largest absolute Gasteiger partial charge is 0.481 e. The average molecular weight is 357 g/mol.